The second kappa shape index (κ2) is 6.13. The number of ether oxygens (including phenoxy) is 1. The number of halogens is 1. The van der Waals surface area contributed by atoms with E-state index >= 15 is 0 Å². The Labute approximate surface area is 115 Å². The molecule has 0 aliphatic heterocycles. The largest absolute Gasteiger partial charge is 0.377 e. The molecular weight excluding hydrogens is 270 g/mol. The number of nitrogens with zero attached hydrogens (tertiary/aromatic N) is 2. The van der Waals surface area contributed by atoms with E-state index in [1.165, 1.54) is 0 Å². The van der Waals surface area contributed by atoms with Gasteiger partial charge in [0, 0.05) is 19.7 Å². The first-order chi connectivity index (χ1) is 8.74. The fraction of sp³-hybridized carbons (Fsp3) is 0.333. The van der Waals surface area contributed by atoms with Crippen molar-refractivity contribution < 1.29 is 4.74 Å². The Morgan fingerprint density at radius 3 is 2.89 bits per heavy atom. The van der Waals surface area contributed by atoms with Gasteiger partial charge in [0.2, 0.25) is 0 Å². The quantitative estimate of drug-likeness (QED) is 0.913. The van der Waals surface area contributed by atoms with E-state index in [4.69, 9.17) is 16.3 Å². The van der Waals surface area contributed by atoms with Crippen molar-refractivity contribution in [2.75, 3.05) is 19.0 Å². The maximum atomic E-state index is 6.13. The number of hydrogen-bond donors (Lipinski definition) is 1. The molecule has 0 atom stereocenters. The summed E-state index contributed by atoms with van der Waals surface area (Å²) in [5, 5.41) is 5.84. The maximum absolute atomic E-state index is 6.13. The molecule has 0 spiro atoms. The van der Waals surface area contributed by atoms with Gasteiger partial charge in [-0.25, -0.2) is 9.97 Å². The van der Waals surface area contributed by atoms with Crippen LogP contribution in [0.4, 0.5) is 5.82 Å². The number of nitrogens with one attached hydrogen (secondary N) is 1. The van der Waals surface area contributed by atoms with Crippen LogP contribution in [0.15, 0.2) is 17.5 Å². The van der Waals surface area contributed by atoms with Crippen LogP contribution in [0.1, 0.15) is 12.7 Å². The van der Waals surface area contributed by atoms with Crippen LogP contribution in [0.3, 0.4) is 0 Å². The van der Waals surface area contributed by atoms with Gasteiger partial charge in [0.15, 0.2) is 5.82 Å². The minimum Gasteiger partial charge on any atom is -0.377 e. The van der Waals surface area contributed by atoms with Gasteiger partial charge in [-0.05, 0) is 18.4 Å². The highest BCUT2D eigenvalue weighted by Gasteiger charge is 2.10. The predicted octanol–water partition coefficient (Wildman–Crippen LogP) is 3.44. The third kappa shape index (κ3) is 2.98. The molecule has 0 saturated carbocycles. The third-order valence-electron chi connectivity index (χ3n) is 2.25. The summed E-state index contributed by atoms with van der Waals surface area (Å²) in [6.45, 7) is 3.21. The zero-order valence-corrected chi connectivity index (χ0v) is 11.8. The van der Waals surface area contributed by atoms with Gasteiger partial charge in [-0.3, -0.25) is 0 Å². The van der Waals surface area contributed by atoms with Gasteiger partial charge in [-0.2, -0.15) is 0 Å². The Morgan fingerprint density at radius 2 is 2.28 bits per heavy atom. The van der Waals surface area contributed by atoms with Gasteiger partial charge >= 0.3 is 0 Å². The van der Waals surface area contributed by atoms with E-state index in [9.17, 15) is 0 Å². The van der Waals surface area contributed by atoms with Crippen molar-refractivity contribution in [2.45, 2.75) is 13.5 Å². The van der Waals surface area contributed by atoms with E-state index in [2.05, 4.69) is 15.3 Å². The molecule has 96 valence electrons. The standard InChI is InChI=1S/C12H14ClN3OS/c1-3-14-10-6-9(12-8(13)4-5-18-12)15-11(16-10)7-17-2/h4-6H,3,7H2,1-2H3,(H,14,15,16). The highest BCUT2D eigenvalue weighted by atomic mass is 35.5. The van der Waals surface area contributed by atoms with Crippen LogP contribution in [0.2, 0.25) is 5.02 Å². The molecule has 0 bridgehead atoms. The molecule has 0 aromatic carbocycles. The lowest BCUT2D eigenvalue weighted by Crippen LogP contribution is -2.05. The Balaban J connectivity index is 2.42. The summed E-state index contributed by atoms with van der Waals surface area (Å²) in [5.41, 5.74) is 0.827. The highest BCUT2D eigenvalue weighted by Crippen LogP contribution is 2.32. The molecule has 0 radical (unpaired) electrons. The van der Waals surface area contributed by atoms with Gasteiger partial charge in [-0.15, -0.1) is 11.3 Å². The highest BCUT2D eigenvalue weighted by molar-refractivity contribution is 7.14. The molecule has 18 heavy (non-hydrogen) atoms. The van der Waals surface area contributed by atoms with Gasteiger partial charge in [0.25, 0.3) is 0 Å². The van der Waals surface area contributed by atoms with Gasteiger partial charge in [0.05, 0.1) is 15.6 Å². The molecule has 2 rings (SSSR count). The molecule has 2 heterocycles. The summed E-state index contributed by atoms with van der Waals surface area (Å²) in [6, 6.07) is 3.77. The Kier molecular flexibility index (Phi) is 4.52. The van der Waals surface area contributed by atoms with Crippen LogP contribution in [-0.2, 0) is 11.3 Å². The maximum Gasteiger partial charge on any atom is 0.157 e. The number of hydrogen-bond acceptors (Lipinski definition) is 5. The minimum absolute atomic E-state index is 0.384. The molecule has 0 unspecified atom stereocenters. The van der Waals surface area contributed by atoms with Crippen molar-refractivity contribution in [2.24, 2.45) is 0 Å². The van der Waals surface area contributed by atoms with Gasteiger partial charge < -0.3 is 10.1 Å². The second-order valence-electron chi connectivity index (χ2n) is 3.62. The molecule has 0 saturated heterocycles. The SMILES string of the molecule is CCNc1cc(-c2sccc2Cl)nc(COC)n1. The third-order valence-corrected chi connectivity index (χ3v) is 3.62. The van der Waals surface area contributed by atoms with Crippen LogP contribution >= 0.6 is 22.9 Å². The number of aromatic nitrogens is 2. The molecule has 0 aliphatic rings. The van der Waals surface area contributed by atoms with Crippen molar-refractivity contribution in [1.82, 2.24) is 9.97 Å². The molecule has 2 aromatic rings. The van der Waals surface area contributed by atoms with Crippen molar-refractivity contribution in [3.63, 3.8) is 0 Å². The molecule has 0 amide bonds. The van der Waals surface area contributed by atoms with Crippen LogP contribution in [0, 0.1) is 0 Å². The summed E-state index contributed by atoms with van der Waals surface area (Å²) < 4.78 is 5.08. The van der Waals surface area contributed by atoms with Gasteiger partial charge in [0.1, 0.15) is 12.4 Å². The summed E-state index contributed by atoms with van der Waals surface area (Å²) >= 11 is 7.70. The van der Waals surface area contributed by atoms with Crippen molar-refractivity contribution in [1.29, 1.82) is 0 Å². The average molecular weight is 284 g/mol. The van der Waals surface area contributed by atoms with E-state index in [0.717, 1.165) is 22.9 Å². The molecule has 4 nitrogen and oxygen atoms in total. The first-order valence-corrected chi connectivity index (χ1v) is 6.84. The van der Waals surface area contributed by atoms with E-state index in [1.54, 1.807) is 18.4 Å². The second-order valence-corrected chi connectivity index (χ2v) is 4.94. The van der Waals surface area contributed by atoms with E-state index in [-0.39, 0.29) is 0 Å². The van der Waals surface area contributed by atoms with E-state index in [1.807, 2.05) is 24.4 Å². The average Bonchev–Trinajstić information content (AvgIpc) is 2.76. The Hall–Kier alpha value is -1.17. The number of anilines is 1. The number of thiophene rings is 1. The number of methoxy groups -OCH3 is 1. The first kappa shape index (κ1) is 13.3. The lowest BCUT2D eigenvalue weighted by atomic mass is 10.3. The molecular formula is C12H14ClN3OS. The Morgan fingerprint density at radius 1 is 1.44 bits per heavy atom. The zero-order valence-electron chi connectivity index (χ0n) is 10.2. The normalized spacial score (nSPS) is 10.6. The summed E-state index contributed by atoms with van der Waals surface area (Å²) in [5.74, 6) is 1.44. The van der Waals surface area contributed by atoms with Crippen LogP contribution < -0.4 is 5.32 Å². The summed E-state index contributed by atoms with van der Waals surface area (Å²) in [7, 11) is 1.63. The monoisotopic (exact) mass is 283 g/mol. The number of rotatable bonds is 5. The zero-order chi connectivity index (χ0) is 13.0. The van der Waals surface area contributed by atoms with Gasteiger partial charge in [-0.1, -0.05) is 11.6 Å². The summed E-state index contributed by atoms with van der Waals surface area (Å²) in [6.07, 6.45) is 0. The smallest absolute Gasteiger partial charge is 0.157 e. The van der Waals surface area contributed by atoms with Crippen molar-refractivity contribution in [3.05, 3.63) is 28.4 Å². The summed E-state index contributed by atoms with van der Waals surface area (Å²) in [4.78, 5) is 9.78. The first-order valence-electron chi connectivity index (χ1n) is 5.58. The Bertz CT molecular complexity index is 506. The molecule has 2 aromatic heterocycles. The van der Waals surface area contributed by atoms with E-state index in [0.29, 0.717) is 17.5 Å². The van der Waals surface area contributed by atoms with Crippen molar-refractivity contribution in [3.8, 4) is 10.6 Å². The predicted molar refractivity (Wildman–Crippen MR) is 75.2 cm³/mol. The lowest BCUT2D eigenvalue weighted by Gasteiger charge is -2.08. The molecule has 6 heteroatoms. The molecule has 0 aliphatic carbocycles. The van der Waals surface area contributed by atoms with E-state index < -0.39 is 0 Å². The van der Waals surface area contributed by atoms with Crippen LogP contribution in [0.5, 0.6) is 0 Å². The van der Waals surface area contributed by atoms with Crippen LogP contribution in [0.25, 0.3) is 10.6 Å². The van der Waals surface area contributed by atoms with Crippen molar-refractivity contribution >= 4 is 28.8 Å². The lowest BCUT2D eigenvalue weighted by molar-refractivity contribution is 0.178. The topological polar surface area (TPSA) is 47.0 Å². The fourth-order valence-corrected chi connectivity index (χ4v) is 2.67. The van der Waals surface area contributed by atoms with Crippen LogP contribution in [-0.4, -0.2) is 23.6 Å². The molecule has 0 fully saturated rings. The fourth-order valence-electron chi connectivity index (χ4n) is 1.56. The molecule has 1 N–H and O–H groups in total. The minimum atomic E-state index is 0.384.